The third kappa shape index (κ3) is 4.54. The maximum Gasteiger partial charge on any atom is 0.394 e. The number of imidazole rings is 1. The number of halogens is 3. The summed E-state index contributed by atoms with van der Waals surface area (Å²) in [6, 6.07) is 1.61. The Morgan fingerprint density at radius 1 is 1.22 bits per heavy atom. The van der Waals surface area contributed by atoms with Crippen LogP contribution in [0.25, 0.3) is 17.2 Å². The van der Waals surface area contributed by atoms with E-state index in [0.29, 0.717) is 48.1 Å². The second kappa shape index (κ2) is 8.54. The monoisotopic (exact) mass is 445 g/mol. The van der Waals surface area contributed by atoms with E-state index in [2.05, 4.69) is 19.9 Å². The molecule has 9 nitrogen and oxygen atoms in total. The van der Waals surface area contributed by atoms with E-state index < -0.39 is 12.6 Å². The maximum absolute atomic E-state index is 12.8. The van der Waals surface area contributed by atoms with Crippen molar-refractivity contribution in [1.82, 2.24) is 24.3 Å². The summed E-state index contributed by atoms with van der Waals surface area (Å²) in [5.41, 5.74) is 13.3. The molecule has 0 amide bonds. The smallest absolute Gasteiger partial charge is 0.394 e. The molecule has 12 heteroatoms. The zero-order valence-corrected chi connectivity index (χ0v) is 17.0. The fourth-order valence-electron chi connectivity index (χ4n) is 3.91. The van der Waals surface area contributed by atoms with Crippen LogP contribution in [0.5, 0.6) is 0 Å². The molecule has 2 unspecified atom stereocenters. The lowest BCUT2D eigenvalue weighted by atomic mass is 9.89. The molecule has 0 spiro atoms. The Balaban J connectivity index is 1.66. The zero-order valence-electron chi connectivity index (χ0n) is 17.0. The van der Waals surface area contributed by atoms with Crippen LogP contribution in [0.1, 0.15) is 12.1 Å². The Kier molecular flexibility index (Phi) is 5.78. The van der Waals surface area contributed by atoms with E-state index >= 15 is 0 Å². The van der Waals surface area contributed by atoms with Crippen LogP contribution in [-0.4, -0.2) is 55.9 Å². The molecule has 4 rings (SSSR count). The van der Waals surface area contributed by atoms with Crippen LogP contribution in [-0.2, 0) is 6.42 Å². The van der Waals surface area contributed by atoms with Crippen molar-refractivity contribution < 1.29 is 13.2 Å². The van der Waals surface area contributed by atoms with Gasteiger partial charge >= 0.3 is 6.18 Å². The van der Waals surface area contributed by atoms with E-state index in [1.807, 2.05) is 4.90 Å². The molecule has 0 saturated carbocycles. The van der Waals surface area contributed by atoms with Crippen LogP contribution in [0, 0.1) is 11.3 Å². The Bertz CT molecular complexity index is 1150. The summed E-state index contributed by atoms with van der Waals surface area (Å²) in [7, 11) is 0. The van der Waals surface area contributed by atoms with Gasteiger partial charge in [0.25, 0.3) is 0 Å². The van der Waals surface area contributed by atoms with Gasteiger partial charge in [-0.2, -0.15) is 13.2 Å². The normalized spacial score (nSPS) is 20.0. The molecule has 5 N–H and O–H groups in total. The molecule has 0 bridgehead atoms. The molecular formula is C20H22F3N9. The molecule has 0 aromatic carbocycles. The number of aromatic nitrogens is 5. The first kappa shape index (κ1) is 21.7. The van der Waals surface area contributed by atoms with E-state index in [1.165, 1.54) is 35.4 Å². The highest BCUT2D eigenvalue weighted by Crippen LogP contribution is 2.27. The number of rotatable bonds is 5. The second-order valence-electron chi connectivity index (χ2n) is 7.69. The highest BCUT2D eigenvalue weighted by Gasteiger charge is 2.29. The lowest BCUT2D eigenvalue weighted by Gasteiger charge is -2.37. The second-order valence-corrected chi connectivity index (χ2v) is 7.69. The summed E-state index contributed by atoms with van der Waals surface area (Å²) >= 11 is 0. The number of nitrogens with two attached hydrogens (primary N) is 2. The van der Waals surface area contributed by atoms with E-state index in [0.717, 1.165) is 0 Å². The van der Waals surface area contributed by atoms with E-state index in [-0.39, 0.29) is 17.7 Å². The molecular weight excluding hydrogens is 423 g/mol. The molecule has 1 aliphatic heterocycles. The zero-order chi connectivity index (χ0) is 22.9. The lowest BCUT2D eigenvalue weighted by molar-refractivity contribution is -0.127. The largest absolute Gasteiger partial charge is 0.404 e. The molecule has 1 aliphatic rings. The maximum atomic E-state index is 12.8. The summed E-state index contributed by atoms with van der Waals surface area (Å²) < 4.78 is 39.9. The van der Waals surface area contributed by atoms with Gasteiger partial charge in [-0.1, -0.05) is 0 Å². The van der Waals surface area contributed by atoms with Gasteiger partial charge in [0, 0.05) is 43.7 Å². The van der Waals surface area contributed by atoms with Gasteiger partial charge in [-0.25, -0.2) is 15.0 Å². The number of nitrogens with zero attached hydrogens (tertiary/aromatic N) is 6. The molecule has 1 fully saturated rings. The minimum atomic E-state index is -4.37. The van der Waals surface area contributed by atoms with E-state index in [9.17, 15) is 13.2 Å². The van der Waals surface area contributed by atoms with Crippen LogP contribution in [0.15, 0.2) is 42.6 Å². The van der Waals surface area contributed by atoms with Crippen LogP contribution in [0.3, 0.4) is 0 Å². The Morgan fingerprint density at radius 3 is 2.75 bits per heavy atom. The molecule has 0 radical (unpaired) electrons. The predicted molar refractivity (Wildman–Crippen MR) is 113 cm³/mol. The summed E-state index contributed by atoms with van der Waals surface area (Å²) in [5, 5.41) is 7.57. The van der Waals surface area contributed by atoms with Crippen molar-refractivity contribution in [3.05, 3.63) is 48.3 Å². The number of nitrogens with one attached hydrogen (secondary N) is 1. The quantitative estimate of drug-likeness (QED) is 0.511. The van der Waals surface area contributed by atoms with Gasteiger partial charge in [-0.05, 0) is 24.3 Å². The van der Waals surface area contributed by atoms with Crippen LogP contribution in [0.4, 0.5) is 19.0 Å². The van der Waals surface area contributed by atoms with Gasteiger partial charge in [0.2, 0.25) is 0 Å². The molecule has 2 atom stereocenters. The van der Waals surface area contributed by atoms with Crippen LogP contribution < -0.4 is 16.4 Å². The van der Waals surface area contributed by atoms with Crippen molar-refractivity contribution in [2.45, 2.75) is 25.1 Å². The molecule has 3 aromatic rings. The molecule has 0 aliphatic carbocycles. The van der Waals surface area contributed by atoms with Crippen LogP contribution >= 0.6 is 0 Å². The van der Waals surface area contributed by atoms with Crippen molar-refractivity contribution in [3.8, 4) is 11.5 Å². The van der Waals surface area contributed by atoms with Gasteiger partial charge in [0.05, 0.1) is 24.5 Å². The number of hydrogen-bond donors (Lipinski definition) is 3. The van der Waals surface area contributed by atoms with Crippen molar-refractivity contribution >= 4 is 17.7 Å². The van der Waals surface area contributed by atoms with Crippen molar-refractivity contribution in [2.75, 3.05) is 18.0 Å². The molecule has 32 heavy (non-hydrogen) atoms. The predicted octanol–water partition coefficient (Wildman–Crippen LogP) is 1.94. The third-order valence-electron chi connectivity index (χ3n) is 5.34. The number of piperidine rings is 1. The number of hydrogen-bond acceptors (Lipinski definition) is 8. The standard InChI is InChI=1S/C20H22F3N9/c21-20(22,23)4-15-11-32-16(7-29-18(32)8-28-15)19-27-2-1-17(30-19)31-9-12(3-14(26)10-31)13(5-24)6-25/h1-2,5-8,11-12,14,24H,3-4,9-10,25-26H2. The Labute approximate surface area is 181 Å². The minimum absolute atomic E-state index is 0.00790. The van der Waals surface area contributed by atoms with E-state index in [4.69, 9.17) is 16.9 Å². The number of alkyl halides is 3. The van der Waals surface area contributed by atoms with Gasteiger partial charge < -0.3 is 21.8 Å². The average Bonchev–Trinajstić information content (AvgIpc) is 3.16. The van der Waals surface area contributed by atoms with Gasteiger partial charge in [0.15, 0.2) is 11.5 Å². The fourth-order valence-corrected chi connectivity index (χ4v) is 3.91. The Morgan fingerprint density at radius 2 is 2.03 bits per heavy atom. The molecule has 1 saturated heterocycles. The van der Waals surface area contributed by atoms with Gasteiger partial charge in [0.1, 0.15) is 11.5 Å². The van der Waals surface area contributed by atoms with E-state index in [1.54, 1.807) is 12.3 Å². The van der Waals surface area contributed by atoms with Crippen molar-refractivity contribution in [3.63, 3.8) is 0 Å². The third-order valence-corrected chi connectivity index (χ3v) is 5.34. The summed E-state index contributed by atoms with van der Waals surface area (Å²) in [5.74, 6) is 0.930. The number of anilines is 1. The molecule has 4 heterocycles. The lowest BCUT2D eigenvalue weighted by Crippen LogP contribution is -2.48. The summed E-state index contributed by atoms with van der Waals surface area (Å²) in [4.78, 5) is 19.0. The van der Waals surface area contributed by atoms with Crippen molar-refractivity contribution in [1.29, 1.82) is 5.41 Å². The first-order valence-corrected chi connectivity index (χ1v) is 9.92. The first-order chi connectivity index (χ1) is 15.3. The SMILES string of the molecule is N=CC(=CN)C1CC(N)CN(c2ccnc(-c3cnc4cnc(CC(F)(F)F)cn34)n2)C1. The summed E-state index contributed by atoms with van der Waals surface area (Å²) in [6.45, 7) is 1.14. The molecule has 3 aromatic heterocycles. The van der Waals surface area contributed by atoms with Gasteiger partial charge in [-0.15, -0.1) is 0 Å². The van der Waals surface area contributed by atoms with Crippen LogP contribution in [0.2, 0.25) is 0 Å². The Hall–Kier alpha value is -3.54. The molecule has 168 valence electrons. The summed E-state index contributed by atoms with van der Waals surface area (Å²) in [6.07, 6.45) is 3.53. The highest BCUT2D eigenvalue weighted by atomic mass is 19.4. The average molecular weight is 445 g/mol. The first-order valence-electron chi connectivity index (χ1n) is 9.92. The highest BCUT2D eigenvalue weighted by molar-refractivity contribution is 5.76. The minimum Gasteiger partial charge on any atom is -0.404 e. The number of fused-ring (bicyclic) bond motifs is 1. The van der Waals surface area contributed by atoms with Gasteiger partial charge in [-0.3, -0.25) is 9.38 Å². The topological polar surface area (TPSA) is 135 Å². The fraction of sp³-hybridized carbons (Fsp3) is 0.350. The van der Waals surface area contributed by atoms with Crippen molar-refractivity contribution in [2.24, 2.45) is 17.4 Å².